The second kappa shape index (κ2) is 6.88. The van der Waals surface area contributed by atoms with Crippen LogP contribution in [0.4, 0.5) is 0 Å². The van der Waals surface area contributed by atoms with Crippen molar-refractivity contribution >= 4 is 11.8 Å². The van der Waals surface area contributed by atoms with Crippen LogP contribution in [0.15, 0.2) is 67.0 Å². The van der Waals surface area contributed by atoms with E-state index in [1.807, 2.05) is 82.1 Å². The number of carbonyl (C=O) groups is 2. The number of benzene rings is 1. The lowest BCUT2D eigenvalue weighted by atomic mass is 10.1. The molecular weight excluding hydrogens is 364 g/mol. The summed E-state index contributed by atoms with van der Waals surface area (Å²) in [6.45, 7) is 3.54. The lowest BCUT2D eigenvalue weighted by Crippen LogP contribution is -2.50. The fourth-order valence-corrected chi connectivity index (χ4v) is 4.49. The van der Waals surface area contributed by atoms with Crippen LogP contribution >= 0.6 is 0 Å². The average molecular weight is 386 g/mol. The van der Waals surface area contributed by atoms with Crippen molar-refractivity contribution < 1.29 is 9.59 Å². The van der Waals surface area contributed by atoms with E-state index in [-0.39, 0.29) is 23.9 Å². The number of pyridine rings is 1. The molecule has 0 saturated carbocycles. The summed E-state index contributed by atoms with van der Waals surface area (Å²) in [5.74, 6) is 0.00815. The Morgan fingerprint density at radius 3 is 2.72 bits per heavy atom. The zero-order valence-electron chi connectivity index (χ0n) is 16.2. The van der Waals surface area contributed by atoms with E-state index < -0.39 is 0 Å². The molecule has 29 heavy (non-hydrogen) atoms. The van der Waals surface area contributed by atoms with E-state index in [1.54, 1.807) is 6.20 Å². The van der Waals surface area contributed by atoms with Gasteiger partial charge in [0.1, 0.15) is 5.69 Å². The Morgan fingerprint density at radius 2 is 1.93 bits per heavy atom. The van der Waals surface area contributed by atoms with Gasteiger partial charge in [0.15, 0.2) is 0 Å². The van der Waals surface area contributed by atoms with Gasteiger partial charge in [0, 0.05) is 31.0 Å². The Bertz CT molecular complexity index is 1080. The topological polar surface area (TPSA) is 58.4 Å². The molecule has 0 unspecified atom stereocenters. The molecule has 0 radical (unpaired) electrons. The first-order chi connectivity index (χ1) is 14.1. The van der Waals surface area contributed by atoms with Crippen molar-refractivity contribution in [2.45, 2.75) is 25.6 Å². The van der Waals surface area contributed by atoms with Crippen LogP contribution in [0.25, 0.3) is 0 Å². The molecule has 1 aromatic carbocycles. The number of fused-ring (bicyclic) bond motifs is 3. The minimum atomic E-state index is -0.0711. The molecule has 0 bridgehead atoms. The van der Waals surface area contributed by atoms with Crippen LogP contribution in [0.2, 0.25) is 0 Å². The molecule has 1 saturated heterocycles. The number of rotatable bonds is 3. The lowest BCUT2D eigenvalue weighted by Gasteiger charge is -2.37. The Morgan fingerprint density at radius 1 is 1.07 bits per heavy atom. The number of aryl methyl sites for hydroxylation is 1. The number of hydrogen-bond donors (Lipinski definition) is 0. The molecule has 146 valence electrons. The van der Waals surface area contributed by atoms with Crippen molar-refractivity contribution in [1.82, 2.24) is 19.4 Å². The van der Waals surface area contributed by atoms with E-state index in [0.717, 1.165) is 11.3 Å². The van der Waals surface area contributed by atoms with Crippen LogP contribution in [0.5, 0.6) is 0 Å². The maximum atomic E-state index is 13.2. The van der Waals surface area contributed by atoms with Crippen molar-refractivity contribution in [3.63, 3.8) is 0 Å². The number of aromatic nitrogens is 2. The van der Waals surface area contributed by atoms with Crippen LogP contribution in [0.1, 0.15) is 38.1 Å². The second-order valence-electron chi connectivity index (χ2n) is 7.77. The van der Waals surface area contributed by atoms with Crippen LogP contribution in [0.3, 0.4) is 0 Å². The minimum Gasteiger partial charge on any atom is -0.337 e. The molecule has 1 fully saturated rings. The van der Waals surface area contributed by atoms with Crippen molar-refractivity contribution in [2.75, 3.05) is 13.1 Å². The van der Waals surface area contributed by atoms with E-state index in [2.05, 4.69) is 4.98 Å². The van der Waals surface area contributed by atoms with Gasteiger partial charge < -0.3 is 14.4 Å². The van der Waals surface area contributed by atoms with Crippen molar-refractivity contribution in [3.8, 4) is 0 Å². The van der Waals surface area contributed by atoms with Gasteiger partial charge in [0.2, 0.25) is 0 Å². The molecule has 2 amide bonds. The number of hydrogen-bond acceptors (Lipinski definition) is 3. The average Bonchev–Trinajstić information content (AvgIpc) is 3.39. The minimum absolute atomic E-state index is 0.00763. The van der Waals surface area contributed by atoms with Gasteiger partial charge in [-0.1, -0.05) is 23.8 Å². The van der Waals surface area contributed by atoms with Gasteiger partial charge in [0.25, 0.3) is 11.8 Å². The summed E-state index contributed by atoms with van der Waals surface area (Å²) >= 11 is 0. The predicted octanol–water partition coefficient (Wildman–Crippen LogP) is 2.91. The monoisotopic (exact) mass is 386 g/mol. The van der Waals surface area contributed by atoms with Gasteiger partial charge >= 0.3 is 0 Å². The van der Waals surface area contributed by atoms with Crippen molar-refractivity contribution in [2.24, 2.45) is 0 Å². The van der Waals surface area contributed by atoms with E-state index in [4.69, 9.17) is 0 Å². The number of likely N-dealkylation sites (tertiary alicyclic amines) is 1. The summed E-state index contributed by atoms with van der Waals surface area (Å²) in [5.41, 5.74) is 3.28. The molecule has 0 aliphatic carbocycles. The van der Waals surface area contributed by atoms with Crippen molar-refractivity contribution in [1.29, 1.82) is 0 Å². The molecule has 5 rings (SSSR count). The number of nitrogens with zero attached hydrogens (tertiary/aromatic N) is 4. The zero-order valence-corrected chi connectivity index (χ0v) is 16.2. The molecule has 0 N–H and O–H groups in total. The second-order valence-corrected chi connectivity index (χ2v) is 7.77. The van der Waals surface area contributed by atoms with Crippen LogP contribution in [-0.4, -0.2) is 50.3 Å². The third-order valence-corrected chi connectivity index (χ3v) is 5.89. The quantitative estimate of drug-likeness (QED) is 0.695. The molecule has 2 aromatic heterocycles. The number of amides is 2. The molecule has 4 heterocycles. The van der Waals surface area contributed by atoms with Crippen LogP contribution < -0.4 is 0 Å². The first-order valence-corrected chi connectivity index (χ1v) is 9.85. The Labute approximate surface area is 169 Å². The molecule has 3 aromatic rings. The normalized spacial score (nSPS) is 20.5. The van der Waals surface area contributed by atoms with E-state index >= 15 is 0 Å². The van der Waals surface area contributed by atoms with Gasteiger partial charge in [0.05, 0.1) is 24.3 Å². The molecule has 6 heteroatoms. The fraction of sp³-hybridized carbons (Fsp3) is 0.261. The van der Waals surface area contributed by atoms with Crippen LogP contribution in [0, 0.1) is 6.92 Å². The highest BCUT2D eigenvalue weighted by atomic mass is 16.2. The third-order valence-electron chi connectivity index (χ3n) is 5.89. The van der Waals surface area contributed by atoms with Gasteiger partial charge in [-0.3, -0.25) is 14.6 Å². The highest BCUT2D eigenvalue weighted by molar-refractivity contribution is 5.96. The summed E-state index contributed by atoms with van der Waals surface area (Å²) < 4.78 is 2.03. The maximum Gasteiger partial charge on any atom is 0.271 e. The molecular formula is C23H22N4O2. The van der Waals surface area contributed by atoms with E-state index in [9.17, 15) is 9.59 Å². The molecule has 0 spiro atoms. The largest absolute Gasteiger partial charge is 0.337 e. The third kappa shape index (κ3) is 3.01. The van der Waals surface area contributed by atoms with Gasteiger partial charge in [-0.25, -0.2) is 0 Å². The lowest BCUT2D eigenvalue weighted by molar-refractivity contribution is 0.0547. The van der Waals surface area contributed by atoms with Gasteiger partial charge in [-0.2, -0.15) is 0 Å². The van der Waals surface area contributed by atoms with Crippen molar-refractivity contribution in [3.05, 3.63) is 89.5 Å². The highest BCUT2D eigenvalue weighted by Crippen LogP contribution is 2.35. The summed E-state index contributed by atoms with van der Waals surface area (Å²) in [6, 6.07) is 17.1. The van der Waals surface area contributed by atoms with Gasteiger partial charge in [-0.15, -0.1) is 0 Å². The van der Waals surface area contributed by atoms with Crippen LogP contribution in [-0.2, 0) is 6.54 Å². The SMILES string of the molecule is Cc1cccc(C(=O)N2C[C@@H]3[C@H](C2)N(Cc2ccccn2)C(=O)c2cccn23)c1. The Balaban J connectivity index is 1.47. The first-order valence-electron chi connectivity index (χ1n) is 9.85. The zero-order chi connectivity index (χ0) is 20.0. The molecule has 6 nitrogen and oxygen atoms in total. The Kier molecular flexibility index (Phi) is 4.19. The molecule has 2 atom stereocenters. The molecule has 2 aliphatic heterocycles. The predicted molar refractivity (Wildman–Crippen MR) is 108 cm³/mol. The highest BCUT2D eigenvalue weighted by Gasteiger charge is 2.46. The van der Waals surface area contributed by atoms with E-state index in [0.29, 0.717) is 30.9 Å². The maximum absolute atomic E-state index is 13.2. The number of carbonyl (C=O) groups excluding carboxylic acids is 2. The molecule has 2 aliphatic rings. The van der Waals surface area contributed by atoms with E-state index in [1.165, 1.54) is 0 Å². The summed E-state index contributed by atoms with van der Waals surface area (Å²) in [6.07, 6.45) is 3.69. The smallest absolute Gasteiger partial charge is 0.271 e. The summed E-state index contributed by atoms with van der Waals surface area (Å²) in [7, 11) is 0. The summed E-state index contributed by atoms with van der Waals surface area (Å²) in [5, 5.41) is 0. The fourth-order valence-electron chi connectivity index (χ4n) is 4.49. The first kappa shape index (κ1) is 17.7. The summed E-state index contributed by atoms with van der Waals surface area (Å²) in [4.78, 5) is 34.5. The standard InChI is InChI=1S/C23H22N4O2/c1-16-6-4-7-17(12-16)22(28)25-14-20-21(15-25)27(13-18-8-2-3-10-24-18)23(29)19-9-5-11-26(19)20/h2-12,20-21H,13-15H2,1H3/t20-,21+/m1/s1. The Hall–Kier alpha value is -3.41. The van der Waals surface area contributed by atoms with Gasteiger partial charge in [-0.05, 0) is 43.3 Å².